The maximum absolute atomic E-state index is 9.89. The Hall–Kier alpha value is -0.660. The molecule has 24 heavy (non-hydrogen) atoms. The van der Waals surface area contributed by atoms with Gasteiger partial charge in [-0.25, -0.2) is 0 Å². The van der Waals surface area contributed by atoms with Crippen LogP contribution in [0.4, 0.5) is 0 Å². The second-order valence-electron chi connectivity index (χ2n) is 7.16. The van der Waals surface area contributed by atoms with Crippen LogP contribution in [-0.4, -0.2) is 11.2 Å². The topological polar surface area (TPSA) is 29.5 Å². The summed E-state index contributed by atoms with van der Waals surface area (Å²) in [5.74, 6) is 0.147. The molecule has 1 N–H and O–H groups in total. The number of allylic oxidation sites excluding steroid dienone is 1. The van der Waals surface area contributed by atoms with E-state index in [4.69, 9.17) is 4.74 Å². The summed E-state index contributed by atoms with van der Waals surface area (Å²) in [5.41, 5.74) is 0. The van der Waals surface area contributed by atoms with Gasteiger partial charge in [-0.15, -0.1) is 0 Å². The maximum Gasteiger partial charge on any atom is 0.272 e. The van der Waals surface area contributed by atoms with Crippen LogP contribution in [0.1, 0.15) is 124 Å². The zero-order chi connectivity index (χ0) is 17.9. The van der Waals surface area contributed by atoms with E-state index >= 15 is 0 Å². The predicted molar refractivity (Wildman–Crippen MR) is 106 cm³/mol. The number of unbranched alkanes of at least 4 members (excludes halogenated alkanes) is 12. The molecular formula is C22H44O2. The van der Waals surface area contributed by atoms with Crippen molar-refractivity contribution in [3.63, 3.8) is 0 Å². The van der Waals surface area contributed by atoms with Crippen molar-refractivity contribution in [1.82, 2.24) is 0 Å². The number of hydrogen-bond donors (Lipinski definition) is 1. The Morgan fingerprint density at radius 3 is 1.79 bits per heavy atom. The minimum absolute atomic E-state index is 0.147. The van der Waals surface area contributed by atoms with E-state index < -0.39 is 0 Å². The van der Waals surface area contributed by atoms with Gasteiger partial charge in [-0.2, -0.15) is 0 Å². The lowest BCUT2D eigenvalue weighted by atomic mass is 10.0. The highest BCUT2D eigenvalue weighted by atomic mass is 16.6. The fraction of sp³-hybridized carbons (Fsp3) is 0.909. The number of ether oxygens (including phenoxy) is 1. The molecule has 0 rings (SSSR count). The van der Waals surface area contributed by atoms with Crippen LogP contribution in [0.5, 0.6) is 0 Å². The quantitative estimate of drug-likeness (QED) is 0.202. The van der Waals surface area contributed by atoms with Gasteiger partial charge in [0.2, 0.25) is 0 Å². The van der Waals surface area contributed by atoms with Crippen molar-refractivity contribution in [2.45, 2.75) is 130 Å². The van der Waals surface area contributed by atoms with E-state index in [0.29, 0.717) is 0 Å². The zero-order valence-electron chi connectivity index (χ0n) is 16.8. The Labute approximate surface area is 152 Å². The van der Waals surface area contributed by atoms with Gasteiger partial charge in [0.25, 0.3) is 5.95 Å². The first kappa shape index (κ1) is 23.3. The SMILES string of the molecule is CCCCCCC=C(O)O[C@@H](CC)CCCCCCCCCCC. The van der Waals surface area contributed by atoms with Crippen LogP contribution in [0.15, 0.2) is 12.0 Å². The third-order valence-electron chi connectivity index (χ3n) is 4.75. The van der Waals surface area contributed by atoms with Gasteiger partial charge < -0.3 is 9.84 Å². The molecule has 144 valence electrons. The zero-order valence-corrected chi connectivity index (χ0v) is 16.8. The molecule has 1 atom stereocenters. The van der Waals surface area contributed by atoms with Crippen molar-refractivity contribution in [3.8, 4) is 0 Å². The summed E-state index contributed by atoms with van der Waals surface area (Å²) >= 11 is 0. The highest BCUT2D eigenvalue weighted by Gasteiger charge is 2.08. The summed E-state index contributed by atoms with van der Waals surface area (Å²) in [6, 6.07) is 0. The molecule has 0 heterocycles. The molecule has 0 aliphatic heterocycles. The van der Waals surface area contributed by atoms with E-state index in [1.54, 1.807) is 0 Å². The van der Waals surface area contributed by atoms with E-state index in [9.17, 15) is 5.11 Å². The normalized spacial score (nSPS) is 13.2. The van der Waals surface area contributed by atoms with Crippen LogP contribution in [0.2, 0.25) is 0 Å². The van der Waals surface area contributed by atoms with Crippen molar-refractivity contribution in [1.29, 1.82) is 0 Å². The van der Waals surface area contributed by atoms with Crippen molar-refractivity contribution in [2.24, 2.45) is 0 Å². The number of hydrogen-bond acceptors (Lipinski definition) is 2. The van der Waals surface area contributed by atoms with Gasteiger partial charge in [0, 0.05) is 0 Å². The largest absolute Gasteiger partial charge is 0.481 e. The van der Waals surface area contributed by atoms with Crippen LogP contribution in [0.3, 0.4) is 0 Å². The van der Waals surface area contributed by atoms with Gasteiger partial charge >= 0.3 is 0 Å². The summed E-state index contributed by atoms with van der Waals surface area (Å²) in [6.45, 7) is 6.63. The summed E-state index contributed by atoms with van der Waals surface area (Å²) in [5, 5.41) is 9.89. The van der Waals surface area contributed by atoms with E-state index in [2.05, 4.69) is 20.8 Å². The lowest BCUT2D eigenvalue weighted by Gasteiger charge is -2.16. The molecule has 2 nitrogen and oxygen atoms in total. The number of aliphatic hydroxyl groups is 1. The molecule has 0 aromatic carbocycles. The standard InChI is InChI=1S/C22H44O2/c1-4-7-9-11-12-13-14-16-17-19-21(6-3)24-22(23)20-18-15-10-8-5-2/h20-21,23H,4-19H2,1-3H3/t21-/m0/s1. The second kappa shape index (κ2) is 18.7. The number of rotatable bonds is 18. The van der Waals surface area contributed by atoms with Gasteiger partial charge in [0.1, 0.15) is 6.10 Å². The van der Waals surface area contributed by atoms with Crippen LogP contribution >= 0.6 is 0 Å². The predicted octanol–water partition coefficient (Wildman–Crippen LogP) is 8.07. The average Bonchev–Trinajstić information content (AvgIpc) is 2.59. The minimum atomic E-state index is 0.147. The van der Waals surface area contributed by atoms with Gasteiger partial charge in [-0.05, 0) is 38.2 Å². The average molecular weight is 341 g/mol. The van der Waals surface area contributed by atoms with Crippen molar-refractivity contribution in [3.05, 3.63) is 12.0 Å². The van der Waals surface area contributed by atoms with Crippen molar-refractivity contribution < 1.29 is 9.84 Å². The summed E-state index contributed by atoms with van der Waals surface area (Å²) in [7, 11) is 0. The fourth-order valence-electron chi connectivity index (χ4n) is 3.04. The molecule has 0 aromatic heterocycles. The van der Waals surface area contributed by atoms with Crippen LogP contribution in [0.25, 0.3) is 0 Å². The van der Waals surface area contributed by atoms with E-state index in [1.165, 1.54) is 77.0 Å². The van der Waals surface area contributed by atoms with E-state index in [1.807, 2.05) is 6.08 Å². The Balaban J connectivity index is 3.59. The summed E-state index contributed by atoms with van der Waals surface area (Å²) < 4.78 is 5.69. The Kier molecular flexibility index (Phi) is 18.2. The van der Waals surface area contributed by atoms with Gasteiger partial charge in [-0.3, -0.25) is 0 Å². The van der Waals surface area contributed by atoms with Crippen LogP contribution in [0, 0.1) is 0 Å². The molecule has 0 saturated heterocycles. The number of aliphatic hydroxyl groups excluding tert-OH is 1. The van der Waals surface area contributed by atoms with Crippen molar-refractivity contribution >= 4 is 0 Å². The third kappa shape index (κ3) is 16.2. The second-order valence-corrected chi connectivity index (χ2v) is 7.16. The Morgan fingerprint density at radius 1 is 0.750 bits per heavy atom. The monoisotopic (exact) mass is 340 g/mol. The molecule has 0 aromatic rings. The van der Waals surface area contributed by atoms with Crippen LogP contribution < -0.4 is 0 Å². The lowest BCUT2D eigenvalue weighted by Crippen LogP contribution is -2.11. The molecule has 0 saturated carbocycles. The van der Waals surface area contributed by atoms with Gasteiger partial charge in [0.05, 0.1) is 0 Å². The lowest BCUT2D eigenvalue weighted by molar-refractivity contribution is 0.0233. The summed E-state index contributed by atoms with van der Waals surface area (Å²) in [6.07, 6.45) is 22.1. The Bertz CT molecular complexity index is 273. The highest BCUT2D eigenvalue weighted by Crippen LogP contribution is 2.16. The van der Waals surface area contributed by atoms with E-state index in [-0.39, 0.29) is 12.0 Å². The molecular weight excluding hydrogens is 296 g/mol. The smallest absolute Gasteiger partial charge is 0.272 e. The molecule has 2 heteroatoms. The minimum Gasteiger partial charge on any atom is -0.481 e. The molecule has 0 bridgehead atoms. The molecule has 0 radical (unpaired) electrons. The molecule has 0 fully saturated rings. The van der Waals surface area contributed by atoms with Gasteiger partial charge in [-0.1, -0.05) is 91.4 Å². The first-order valence-corrected chi connectivity index (χ1v) is 10.8. The molecule has 0 aliphatic carbocycles. The highest BCUT2D eigenvalue weighted by molar-refractivity contribution is 4.82. The maximum atomic E-state index is 9.89. The molecule has 0 aliphatic rings. The van der Waals surface area contributed by atoms with E-state index in [0.717, 1.165) is 25.7 Å². The third-order valence-corrected chi connectivity index (χ3v) is 4.75. The molecule has 0 spiro atoms. The van der Waals surface area contributed by atoms with Gasteiger partial charge in [0.15, 0.2) is 0 Å². The summed E-state index contributed by atoms with van der Waals surface area (Å²) in [4.78, 5) is 0. The first-order chi connectivity index (χ1) is 11.7. The fourth-order valence-corrected chi connectivity index (χ4v) is 3.04. The van der Waals surface area contributed by atoms with Crippen molar-refractivity contribution in [2.75, 3.05) is 0 Å². The first-order valence-electron chi connectivity index (χ1n) is 10.8. The Morgan fingerprint density at radius 2 is 1.25 bits per heavy atom. The molecule has 0 amide bonds. The van der Waals surface area contributed by atoms with Crippen LogP contribution in [-0.2, 0) is 4.74 Å². The molecule has 0 unspecified atom stereocenters.